The van der Waals surface area contributed by atoms with E-state index in [0.29, 0.717) is 48.1 Å². The number of amidine groups is 1. The number of rotatable bonds is 12. The largest absolute Gasteiger partial charge is 0.528 e. The minimum atomic E-state index is -1.62. The van der Waals surface area contributed by atoms with Crippen molar-refractivity contribution in [3.05, 3.63) is 125 Å². The third-order valence-electron chi connectivity index (χ3n) is 6.11. The van der Waals surface area contributed by atoms with Gasteiger partial charge in [0.2, 0.25) is 5.91 Å². The fraction of sp³-hybridized carbons (Fsp3) is 0.156. The summed E-state index contributed by atoms with van der Waals surface area (Å²) in [6.45, 7) is 3.02. The Kier molecular flexibility index (Phi) is 9.92. The summed E-state index contributed by atoms with van der Waals surface area (Å²) in [6, 6.07) is 30.6. The van der Waals surface area contributed by atoms with Crippen molar-refractivity contribution in [2.45, 2.75) is 26.1 Å². The first-order valence-electron chi connectivity index (χ1n) is 13.1. The Morgan fingerprint density at radius 2 is 1.51 bits per heavy atom. The van der Waals surface area contributed by atoms with E-state index in [0.717, 1.165) is 11.1 Å². The molecule has 41 heavy (non-hydrogen) atoms. The van der Waals surface area contributed by atoms with Crippen molar-refractivity contribution in [2.24, 2.45) is 10.7 Å². The first-order valence-corrected chi connectivity index (χ1v) is 13.1. The van der Waals surface area contributed by atoms with E-state index in [2.05, 4.69) is 15.6 Å². The Bertz CT molecular complexity index is 1480. The third-order valence-corrected chi connectivity index (χ3v) is 6.11. The summed E-state index contributed by atoms with van der Waals surface area (Å²) < 4.78 is 11.9. The highest BCUT2D eigenvalue weighted by atomic mass is 16.5. The van der Waals surface area contributed by atoms with Crippen LogP contribution in [0.1, 0.15) is 35.2 Å². The summed E-state index contributed by atoms with van der Waals surface area (Å²) in [7, 11) is 0. The van der Waals surface area contributed by atoms with Crippen molar-refractivity contribution in [2.75, 3.05) is 11.9 Å². The molecule has 0 aromatic heterocycles. The van der Waals surface area contributed by atoms with Gasteiger partial charge in [0.15, 0.2) is 17.6 Å². The standard InChI is InChI=1S/C32H32N4O5/c1-2-40-28-19-25(15-18-27(28)41-21-23-11-7-4-8-12-23)29(31(37)34-20-22-9-5-3-6-10-22)35-26-16-13-24(14-17-26)30(33)36-32(38)39/h3-19,29,35H,2,20-21H2,1H3,(H2,33,36)(H,34,37)(H,38,39)/p-1. The van der Waals surface area contributed by atoms with Crippen LogP contribution in [-0.4, -0.2) is 24.4 Å². The number of nitrogens with two attached hydrogens (primary N) is 1. The summed E-state index contributed by atoms with van der Waals surface area (Å²) in [5.41, 5.74) is 9.38. The molecule has 0 saturated heterocycles. The molecular weight excluding hydrogens is 520 g/mol. The zero-order valence-corrected chi connectivity index (χ0v) is 22.6. The van der Waals surface area contributed by atoms with Gasteiger partial charge >= 0.3 is 0 Å². The van der Waals surface area contributed by atoms with E-state index in [1.807, 2.05) is 73.7 Å². The lowest BCUT2D eigenvalue weighted by atomic mass is 10.0. The van der Waals surface area contributed by atoms with Gasteiger partial charge in [0.25, 0.3) is 0 Å². The smallest absolute Gasteiger partial charge is 0.247 e. The van der Waals surface area contributed by atoms with Gasteiger partial charge in [0.05, 0.1) is 6.61 Å². The van der Waals surface area contributed by atoms with Gasteiger partial charge in [-0.3, -0.25) is 4.79 Å². The van der Waals surface area contributed by atoms with Crippen LogP contribution in [0.25, 0.3) is 0 Å². The highest BCUT2D eigenvalue weighted by molar-refractivity contribution is 6.02. The molecule has 0 aliphatic carbocycles. The molecule has 210 valence electrons. The molecule has 0 heterocycles. The maximum Gasteiger partial charge on any atom is 0.247 e. The molecule has 2 amide bonds. The van der Waals surface area contributed by atoms with Crippen LogP contribution in [0.5, 0.6) is 11.5 Å². The fourth-order valence-electron chi connectivity index (χ4n) is 4.08. The summed E-state index contributed by atoms with van der Waals surface area (Å²) in [4.78, 5) is 27.5. The lowest BCUT2D eigenvalue weighted by Gasteiger charge is -2.22. The Labute approximate surface area is 238 Å². The number of aliphatic imine (C=N–C) groups is 1. The molecule has 4 aromatic rings. The monoisotopic (exact) mass is 551 g/mol. The average Bonchev–Trinajstić information content (AvgIpc) is 2.99. The highest BCUT2D eigenvalue weighted by Gasteiger charge is 2.23. The lowest BCUT2D eigenvalue weighted by molar-refractivity contribution is -0.245. The number of carbonyl (C=O) groups excluding carboxylic acids is 2. The van der Waals surface area contributed by atoms with Gasteiger partial charge in [0.1, 0.15) is 18.5 Å². The number of carbonyl (C=O) groups is 2. The van der Waals surface area contributed by atoms with E-state index in [4.69, 9.17) is 15.2 Å². The maximum atomic E-state index is 13.5. The Morgan fingerprint density at radius 1 is 0.854 bits per heavy atom. The van der Waals surface area contributed by atoms with Crippen LogP contribution in [0.3, 0.4) is 0 Å². The molecule has 0 bridgehead atoms. The van der Waals surface area contributed by atoms with Gasteiger partial charge in [0, 0.05) is 17.8 Å². The number of carboxylic acid groups (broad SMARTS) is 1. The van der Waals surface area contributed by atoms with Crippen LogP contribution in [0.4, 0.5) is 10.5 Å². The minimum Gasteiger partial charge on any atom is -0.528 e. The molecule has 0 aliphatic heterocycles. The van der Waals surface area contributed by atoms with E-state index >= 15 is 0 Å². The molecule has 0 fully saturated rings. The topological polar surface area (TPSA) is 138 Å². The molecule has 0 radical (unpaired) electrons. The Hall–Kier alpha value is -5.31. The number of anilines is 1. The van der Waals surface area contributed by atoms with Crippen molar-refractivity contribution < 1.29 is 24.2 Å². The van der Waals surface area contributed by atoms with E-state index in [-0.39, 0.29) is 11.7 Å². The zero-order chi connectivity index (χ0) is 29.0. The molecule has 9 nitrogen and oxygen atoms in total. The van der Waals surface area contributed by atoms with Crippen LogP contribution < -0.4 is 30.9 Å². The van der Waals surface area contributed by atoms with Crippen molar-refractivity contribution in [3.63, 3.8) is 0 Å². The zero-order valence-electron chi connectivity index (χ0n) is 22.6. The van der Waals surface area contributed by atoms with Crippen LogP contribution in [-0.2, 0) is 17.9 Å². The van der Waals surface area contributed by atoms with Crippen LogP contribution in [0.2, 0.25) is 0 Å². The Morgan fingerprint density at radius 3 is 2.15 bits per heavy atom. The molecule has 0 aliphatic rings. The van der Waals surface area contributed by atoms with E-state index in [9.17, 15) is 14.7 Å². The van der Waals surface area contributed by atoms with Gasteiger partial charge < -0.3 is 35.7 Å². The number of benzene rings is 4. The lowest BCUT2D eigenvalue weighted by Crippen LogP contribution is -2.33. The van der Waals surface area contributed by atoms with Crippen molar-refractivity contribution in [1.29, 1.82) is 0 Å². The summed E-state index contributed by atoms with van der Waals surface area (Å²) in [5.74, 6) is 0.651. The molecule has 1 atom stereocenters. The van der Waals surface area contributed by atoms with E-state index in [1.54, 1.807) is 36.4 Å². The number of hydrogen-bond donors (Lipinski definition) is 3. The maximum absolute atomic E-state index is 13.5. The number of amides is 2. The van der Waals surface area contributed by atoms with Crippen molar-refractivity contribution in [1.82, 2.24) is 5.32 Å². The third kappa shape index (κ3) is 8.34. The molecule has 4 rings (SSSR count). The van der Waals surface area contributed by atoms with Gasteiger partial charge in [-0.2, -0.15) is 0 Å². The molecule has 0 saturated carbocycles. The fourth-order valence-corrected chi connectivity index (χ4v) is 4.08. The molecular formula is C32H31N4O5-. The van der Waals surface area contributed by atoms with Crippen molar-refractivity contribution >= 4 is 23.5 Å². The second-order valence-corrected chi connectivity index (χ2v) is 9.03. The molecule has 1 unspecified atom stereocenters. The van der Waals surface area contributed by atoms with Gasteiger partial charge in [-0.1, -0.05) is 66.7 Å². The summed E-state index contributed by atoms with van der Waals surface area (Å²) >= 11 is 0. The molecule has 4 aromatic carbocycles. The van der Waals surface area contributed by atoms with Gasteiger partial charge in [-0.25, -0.2) is 4.99 Å². The van der Waals surface area contributed by atoms with Crippen molar-refractivity contribution in [3.8, 4) is 11.5 Å². The van der Waals surface area contributed by atoms with Crippen LogP contribution in [0, 0.1) is 0 Å². The number of nitrogens with one attached hydrogen (secondary N) is 2. The Balaban J connectivity index is 1.59. The van der Waals surface area contributed by atoms with E-state index < -0.39 is 12.1 Å². The van der Waals surface area contributed by atoms with Gasteiger partial charge in [-0.15, -0.1) is 0 Å². The molecule has 4 N–H and O–H groups in total. The number of ether oxygens (including phenoxy) is 2. The highest BCUT2D eigenvalue weighted by Crippen LogP contribution is 2.33. The van der Waals surface area contributed by atoms with Crippen LogP contribution >= 0.6 is 0 Å². The molecule has 0 spiro atoms. The predicted octanol–water partition coefficient (Wildman–Crippen LogP) is 4.18. The quantitative estimate of drug-likeness (QED) is 0.177. The number of hydrogen-bond acceptors (Lipinski definition) is 6. The number of nitrogens with zero attached hydrogens (tertiary/aromatic N) is 1. The summed E-state index contributed by atoms with van der Waals surface area (Å²) in [6.07, 6.45) is -1.62. The normalized spacial score (nSPS) is 11.8. The first-order chi connectivity index (χ1) is 19.9. The second kappa shape index (κ2) is 14.2. The summed E-state index contributed by atoms with van der Waals surface area (Å²) in [5, 5.41) is 17.0. The predicted molar refractivity (Wildman–Crippen MR) is 156 cm³/mol. The minimum absolute atomic E-state index is 0.179. The second-order valence-electron chi connectivity index (χ2n) is 9.03. The first kappa shape index (κ1) is 28.7. The average molecular weight is 552 g/mol. The molecule has 9 heteroatoms. The SMILES string of the molecule is CCOc1cc(C(Nc2ccc(/C(N)=N/C(=O)[O-])cc2)C(=O)NCc2ccccc2)ccc1OCc1ccccc1. The van der Waals surface area contributed by atoms with E-state index in [1.165, 1.54) is 0 Å². The van der Waals surface area contributed by atoms with Crippen LogP contribution in [0.15, 0.2) is 108 Å². The van der Waals surface area contributed by atoms with Gasteiger partial charge in [-0.05, 0) is 60.0 Å².